The van der Waals surface area contributed by atoms with Gasteiger partial charge < -0.3 is 9.84 Å². The smallest absolute Gasteiger partial charge is 0.307 e. The van der Waals surface area contributed by atoms with Crippen molar-refractivity contribution < 1.29 is 19.4 Å². The van der Waals surface area contributed by atoms with Crippen LogP contribution in [0.2, 0.25) is 0 Å². The molecule has 0 saturated carbocycles. The van der Waals surface area contributed by atoms with Gasteiger partial charge in [-0.05, 0) is 12.5 Å². The molecule has 0 unspecified atom stereocenters. The minimum absolute atomic E-state index is 0.112. The van der Waals surface area contributed by atoms with Crippen molar-refractivity contribution in [2.75, 3.05) is 6.61 Å². The van der Waals surface area contributed by atoms with Gasteiger partial charge in [-0.1, -0.05) is 30.3 Å². The molecule has 1 rings (SSSR count). The normalized spacial score (nSPS) is 8.33. The zero-order valence-corrected chi connectivity index (χ0v) is 8.55. The Morgan fingerprint density at radius 2 is 2.00 bits per heavy atom. The first-order valence-electron chi connectivity index (χ1n) is 4.51. The van der Waals surface area contributed by atoms with Crippen LogP contribution in [-0.2, 0) is 20.7 Å². The number of benzene rings is 1. The number of aliphatic carboxylic acids is 1. The minimum Gasteiger partial charge on any atom is -0.481 e. The maximum Gasteiger partial charge on any atom is 0.307 e. The molecule has 0 heterocycles. The highest BCUT2D eigenvalue weighted by atomic mass is 16.5. The molecule has 0 fully saturated rings. The molecule has 82 valence electrons. The average molecular weight is 210 g/mol. The Kier molecular flexibility index (Phi) is 7.67. The van der Waals surface area contributed by atoms with Crippen molar-refractivity contribution in [3.8, 4) is 0 Å². The summed E-state index contributed by atoms with van der Waals surface area (Å²) in [7, 11) is 0. The third-order valence-electron chi connectivity index (χ3n) is 1.43. The lowest BCUT2D eigenvalue weighted by atomic mass is 10.2. The SMILES string of the molecule is CCOC=O.O=C(O)Cc1ccccc1. The van der Waals surface area contributed by atoms with Gasteiger partial charge in [0, 0.05) is 0 Å². The van der Waals surface area contributed by atoms with Gasteiger partial charge in [0.25, 0.3) is 6.47 Å². The van der Waals surface area contributed by atoms with Crippen LogP contribution in [0.15, 0.2) is 30.3 Å². The van der Waals surface area contributed by atoms with Gasteiger partial charge >= 0.3 is 5.97 Å². The molecule has 0 saturated heterocycles. The molecular formula is C11H14O4. The predicted molar refractivity (Wildman–Crippen MR) is 55.5 cm³/mol. The molecule has 0 aliphatic rings. The Morgan fingerprint density at radius 1 is 1.40 bits per heavy atom. The summed E-state index contributed by atoms with van der Waals surface area (Å²) in [5, 5.41) is 8.37. The van der Waals surface area contributed by atoms with Crippen LogP contribution in [0.5, 0.6) is 0 Å². The molecule has 0 aliphatic heterocycles. The van der Waals surface area contributed by atoms with E-state index in [1.165, 1.54) is 0 Å². The molecule has 0 amide bonds. The second kappa shape index (κ2) is 8.74. The first-order chi connectivity index (χ1) is 7.20. The summed E-state index contributed by atoms with van der Waals surface area (Å²) in [6.45, 7) is 2.66. The lowest BCUT2D eigenvalue weighted by Gasteiger charge is -1.92. The molecule has 0 aliphatic carbocycles. The highest BCUT2D eigenvalue weighted by Gasteiger charge is 1.96. The zero-order valence-electron chi connectivity index (χ0n) is 8.55. The van der Waals surface area contributed by atoms with E-state index < -0.39 is 5.97 Å². The van der Waals surface area contributed by atoms with E-state index in [1.54, 1.807) is 19.1 Å². The Hall–Kier alpha value is -1.84. The van der Waals surface area contributed by atoms with Crippen LogP contribution in [0.25, 0.3) is 0 Å². The zero-order chi connectivity index (χ0) is 11.5. The number of carboxylic acid groups (broad SMARTS) is 1. The topological polar surface area (TPSA) is 63.6 Å². The first kappa shape index (κ1) is 13.2. The Bertz CT molecular complexity index is 282. The van der Waals surface area contributed by atoms with Crippen molar-refractivity contribution in [1.82, 2.24) is 0 Å². The number of carbonyl (C=O) groups is 2. The van der Waals surface area contributed by atoms with Crippen LogP contribution in [0.3, 0.4) is 0 Å². The van der Waals surface area contributed by atoms with Crippen molar-refractivity contribution in [2.24, 2.45) is 0 Å². The number of carbonyl (C=O) groups excluding carboxylic acids is 1. The monoisotopic (exact) mass is 210 g/mol. The summed E-state index contributed by atoms with van der Waals surface area (Å²) in [5.41, 5.74) is 0.843. The number of rotatable bonds is 4. The van der Waals surface area contributed by atoms with Gasteiger partial charge in [0.15, 0.2) is 0 Å². The van der Waals surface area contributed by atoms with E-state index in [0.29, 0.717) is 13.1 Å². The van der Waals surface area contributed by atoms with E-state index in [0.717, 1.165) is 5.56 Å². The minimum atomic E-state index is -0.786. The second-order valence-corrected chi connectivity index (χ2v) is 2.61. The van der Waals surface area contributed by atoms with Gasteiger partial charge in [-0.25, -0.2) is 0 Å². The van der Waals surface area contributed by atoms with E-state index in [9.17, 15) is 9.59 Å². The largest absolute Gasteiger partial charge is 0.481 e. The average Bonchev–Trinajstić information content (AvgIpc) is 2.20. The van der Waals surface area contributed by atoms with Crippen molar-refractivity contribution in [3.05, 3.63) is 35.9 Å². The van der Waals surface area contributed by atoms with Crippen LogP contribution < -0.4 is 0 Å². The highest BCUT2D eigenvalue weighted by molar-refractivity contribution is 5.70. The number of carboxylic acids is 1. The Balaban J connectivity index is 0.000000336. The third kappa shape index (κ3) is 8.49. The molecule has 4 heteroatoms. The number of hydrogen-bond acceptors (Lipinski definition) is 3. The van der Waals surface area contributed by atoms with E-state index in [4.69, 9.17) is 5.11 Å². The summed E-state index contributed by atoms with van der Waals surface area (Å²) in [5.74, 6) is -0.786. The number of hydrogen-bond donors (Lipinski definition) is 1. The van der Waals surface area contributed by atoms with Crippen LogP contribution >= 0.6 is 0 Å². The predicted octanol–water partition coefficient (Wildman–Crippen LogP) is 1.49. The maximum atomic E-state index is 10.2. The second-order valence-electron chi connectivity index (χ2n) is 2.61. The van der Waals surface area contributed by atoms with E-state index in [2.05, 4.69) is 4.74 Å². The van der Waals surface area contributed by atoms with E-state index in [-0.39, 0.29) is 6.42 Å². The molecule has 1 N–H and O–H groups in total. The van der Waals surface area contributed by atoms with Crippen LogP contribution in [-0.4, -0.2) is 24.2 Å². The summed E-state index contributed by atoms with van der Waals surface area (Å²) in [4.78, 5) is 19.4. The Morgan fingerprint density at radius 3 is 2.33 bits per heavy atom. The van der Waals surface area contributed by atoms with Gasteiger partial charge in [-0.2, -0.15) is 0 Å². The fourth-order valence-corrected chi connectivity index (χ4v) is 0.839. The van der Waals surface area contributed by atoms with Crippen LogP contribution in [0, 0.1) is 0 Å². The Labute approximate surface area is 88.5 Å². The van der Waals surface area contributed by atoms with Crippen molar-refractivity contribution in [3.63, 3.8) is 0 Å². The quantitative estimate of drug-likeness (QED) is 0.765. The fraction of sp³-hybridized carbons (Fsp3) is 0.273. The van der Waals surface area contributed by atoms with Crippen LogP contribution in [0.4, 0.5) is 0 Å². The van der Waals surface area contributed by atoms with Gasteiger partial charge in [0.1, 0.15) is 0 Å². The van der Waals surface area contributed by atoms with Crippen molar-refractivity contribution >= 4 is 12.4 Å². The third-order valence-corrected chi connectivity index (χ3v) is 1.43. The maximum absolute atomic E-state index is 10.2. The summed E-state index contributed by atoms with van der Waals surface area (Å²) >= 11 is 0. The van der Waals surface area contributed by atoms with Crippen LogP contribution in [0.1, 0.15) is 12.5 Å². The molecule has 0 bridgehead atoms. The molecule has 15 heavy (non-hydrogen) atoms. The van der Waals surface area contributed by atoms with Crippen molar-refractivity contribution in [1.29, 1.82) is 0 Å². The first-order valence-corrected chi connectivity index (χ1v) is 4.51. The van der Waals surface area contributed by atoms with Gasteiger partial charge in [-0.3, -0.25) is 9.59 Å². The van der Waals surface area contributed by atoms with Gasteiger partial charge in [-0.15, -0.1) is 0 Å². The molecule has 1 aromatic rings. The molecule has 0 aromatic heterocycles. The van der Waals surface area contributed by atoms with Gasteiger partial charge in [0.2, 0.25) is 0 Å². The summed E-state index contributed by atoms with van der Waals surface area (Å²) in [6.07, 6.45) is 0.112. The molecule has 1 aromatic carbocycles. The van der Waals surface area contributed by atoms with E-state index in [1.807, 2.05) is 18.2 Å². The lowest BCUT2D eigenvalue weighted by molar-refractivity contribution is -0.136. The van der Waals surface area contributed by atoms with Gasteiger partial charge in [0.05, 0.1) is 13.0 Å². The molecule has 4 nitrogen and oxygen atoms in total. The molecule has 0 atom stereocenters. The summed E-state index contributed by atoms with van der Waals surface area (Å²) in [6, 6.07) is 9.13. The molecule has 0 spiro atoms. The lowest BCUT2D eigenvalue weighted by Crippen LogP contribution is -1.98. The van der Waals surface area contributed by atoms with E-state index >= 15 is 0 Å². The molecule has 0 radical (unpaired) electrons. The number of ether oxygens (including phenoxy) is 1. The standard InChI is InChI=1S/C8H8O2.C3H6O2/c9-8(10)6-7-4-2-1-3-5-7;1-2-5-3-4/h1-5H,6H2,(H,9,10);3H,2H2,1H3. The van der Waals surface area contributed by atoms with Crippen molar-refractivity contribution in [2.45, 2.75) is 13.3 Å². The summed E-state index contributed by atoms with van der Waals surface area (Å²) < 4.78 is 4.15. The molecular weight excluding hydrogens is 196 g/mol. The highest BCUT2D eigenvalue weighted by Crippen LogP contribution is 1.98. The fourth-order valence-electron chi connectivity index (χ4n) is 0.839.